The second-order valence-electron chi connectivity index (χ2n) is 9.56. The molecule has 35 heavy (non-hydrogen) atoms. The lowest BCUT2D eigenvalue weighted by Crippen LogP contribution is -2.56. The van der Waals surface area contributed by atoms with Crippen LogP contribution in [-0.2, 0) is 16.0 Å². The van der Waals surface area contributed by atoms with Gasteiger partial charge in [-0.25, -0.2) is 4.79 Å². The van der Waals surface area contributed by atoms with E-state index in [9.17, 15) is 14.4 Å². The van der Waals surface area contributed by atoms with Crippen molar-refractivity contribution in [1.82, 2.24) is 15.1 Å². The van der Waals surface area contributed by atoms with Crippen LogP contribution < -0.4 is 16.4 Å². The Morgan fingerprint density at radius 2 is 1.66 bits per heavy atom. The summed E-state index contributed by atoms with van der Waals surface area (Å²) < 4.78 is 0. The smallest absolute Gasteiger partial charge is 0.323 e. The van der Waals surface area contributed by atoms with Gasteiger partial charge in [-0.3, -0.25) is 14.5 Å². The van der Waals surface area contributed by atoms with Crippen molar-refractivity contribution in [2.45, 2.75) is 63.7 Å². The number of aryl methyl sites for hydroxylation is 2. The van der Waals surface area contributed by atoms with Crippen LogP contribution in [0.3, 0.4) is 0 Å². The molecule has 0 bridgehead atoms. The average Bonchev–Trinajstić information content (AvgIpc) is 3.30. The maximum absolute atomic E-state index is 13.4. The van der Waals surface area contributed by atoms with E-state index in [4.69, 9.17) is 5.73 Å². The summed E-state index contributed by atoms with van der Waals surface area (Å²) in [5.74, 6) is -0.444. The Labute approximate surface area is 206 Å². The molecule has 1 atom stereocenters. The van der Waals surface area contributed by atoms with Gasteiger partial charge in [0.2, 0.25) is 5.91 Å². The molecule has 2 aromatic carbocycles. The fraction of sp³-hybridized carbons (Fsp3) is 0.444. The number of carbonyl (C=O) groups is 3. The molecule has 1 aliphatic carbocycles. The highest BCUT2D eigenvalue weighted by atomic mass is 16.2. The summed E-state index contributed by atoms with van der Waals surface area (Å²) in [7, 11) is 0. The first-order valence-corrected chi connectivity index (χ1v) is 12.4. The summed E-state index contributed by atoms with van der Waals surface area (Å²) in [4.78, 5) is 42.9. The van der Waals surface area contributed by atoms with Crippen molar-refractivity contribution in [3.8, 4) is 0 Å². The molecule has 1 saturated heterocycles. The Bertz CT molecular complexity index is 1040. The normalized spacial score (nSPS) is 22.1. The summed E-state index contributed by atoms with van der Waals surface area (Å²) >= 11 is 0. The van der Waals surface area contributed by atoms with E-state index in [0.717, 1.165) is 36.8 Å². The largest absolute Gasteiger partial charge is 0.350 e. The van der Waals surface area contributed by atoms with Gasteiger partial charge in [0.05, 0.1) is 0 Å². The van der Waals surface area contributed by atoms with Crippen LogP contribution >= 0.6 is 0 Å². The van der Waals surface area contributed by atoms with Gasteiger partial charge in [0.1, 0.15) is 0 Å². The fourth-order valence-electron chi connectivity index (χ4n) is 4.88. The number of hydrogen-bond acceptors (Lipinski definition) is 4. The zero-order valence-corrected chi connectivity index (χ0v) is 20.3. The van der Waals surface area contributed by atoms with Gasteiger partial charge in [-0.15, -0.1) is 0 Å². The highest BCUT2D eigenvalue weighted by Crippen LogP contribution is 2.22. The van der Waals surface area contributed by atoms with Gasteiger partial charge in [0.15, 0.2) is 6.17 Å². The topological polar surface area (TPSA) is 108 Å². The number of urea groups is 1. The molecule has 2 aromatic rings. The Kier molecular flexibility index (Phi) is 8.02. The first-order valence-electron chi connectivity index (χ1n) is 12.4. The lowest BCUT2D eigenvalue weighted by atomic mass is 9.92. The quantitative estimate of drug-likeness (QED) is 0.594. The summed E-state index contributed by atoms with van der Waals surface area (Å²) in [6, 6.07) is 17.1. The van der Waals surface area contributed by atoms with E-state index in [1.807, 2.05) is 61.5 Å². The number of hydrogen-bond donors (Lipinski definition) is 3. The number of amides is 4. The van der Waals surface area contributed by atoms with Gasteiger partial charge < -0.3 is 21.3 Å². The van der Waals surface area contributed by atoms with Crippen LogP contribution in [0.4, 0.5) is 10.5 Å². The number of anilines is 1. The minimum atomic E-state index is -0.973. The van der Waals surface area contributed by atoms with Crippen LogP contribution in [0, 0.1) is 6.92 Å². The van der Waals surface area contributed by atoms with Crippen LogP contribution in [0.15, 0.2) is 54.6 Å². The summed E-state index contributed by atoms with van der Waals surface area (Å²) in [6.07, 6.45) is 3.20. The van der Waals surface area contributed by atoms with E-state index in [-0.39, 0.29) is 36.3 Å². The van der Waals surface area contributed by atoms with Crippen LogP contribution in [0.2, 0.25) is 0 Å². The van der Waals surface area contributed by atoms with Gasteiger partial charge in [0.25, 0.3) is 5.91 Å². The van der Waals surface area contributed by atoms with Crippen LogP contribution in [0.1, 0.15) is 43.2 Å². The number of nitrogens with zero attached hydrogens (tertiary/aromatic N) is 2. The van der Waals surface area contributed by atoms with Gasteiger partial charge in [-0.2, -0.15) is 0 Å². The van der Waals surface area contributed by atoms with Gasteiger partial charge in [-0.05, 0) is 62.3 Å². The fourth-order valence-corrected chi connectivity index (χ4v) is 4.88. The van der Waals surface area contributed by atoms with Crippen molar-refractivity contribution in [1.29, 1.82) is 0 Å². The molecular weight excluding hydrogens is 442 g/mol. The Hall–Kier alpha value is -3.39. The third kappa shape index (κ3) is 6.39. The van der Waals surface area contributed by atoms with E-state index >= 15 is 0 Å². The standard InChI is InChI=1S/C27H35N5O3/c1-19-6-5-9-23(18-19)30-27(35)32-17-16-31(24(33)15-10-20-7-3-2-4-8-20)26(32)25(34)29-22-13-11-21(28)12-14-22/h2-9,18,21-22,26H,10-17,28H2,1H3,(H,29,34)(H,30,35). The zero-order valence-electron chi connectivity index (χ0n) is 20.3. The molecule has 4 amide bonds. The van der Waals surface area contributed by atoms with Crippen LogP contribution in [-0.4, -0.2) is 59.0 Å². The Balaban J connectivity index is 1.47. The van der Waals surface area contributed by atoms with Crippen molar-refractivity contribution in [3.63, 3.8) is 0 Å². The number of benzene rings is 2. The third-order valence-electron chi connectivity index (χ3n) is 6.85. The van der Waals surface area contributed by atoms with E-state index in [1.54, 1.807) is 4.90 Å². The average molecular weight is 478 g/mol. The highest BCUT2D eigenvalue weighted by Gasteiger charge is 2.43. The molecule has 8 nitrogen and oxygen atoms in total. The van der Waals surface area contributed by atoms with Gasteiger partial charge in [0, 0.05) is 37.3 Å². The van der Waals surface area contributed by atoms with Gasteiger partial charge in [-0.1, -0.05) is 42.5 Å². The second-order valence-corrected chi connectivity index (χ2v) is 9.56. The van der Waals surface area contributed by atoms with Crippen LogP contribution in [0.5, 0.6) is 0 Å². The number of nitrogens with one attached hydrogen (secondary N) is 2. The van der Waals surface area contributed by atoms with E-state index < -0.39 is 6.17 Å². The minimum absolute atomic E-state index is 0.00542. The monoisotopic (exact) mass is 477 g/mol. The molecule has 1 aliphatic heterocycles. The third-order valence-corrected chi connectivity index (χ3v) is 6.85. The SMILES string of the molecule is Cc1cccc(NC(=O)N2CCN(C(=O)CCc3ccccc3)C2C(=O)NC2CCC(N)CC2)c1. The summed E-state index contributed by atoms with van der Waals surface area (Å²) in [5.41, 5.74) is 8.75. The zero-order chi connectivity index (χ0) is 24.8. The molecule has 0 spiro atoms. The van der Waals surface area contributed by atoms with E-state index in [2.05, 4.69) is 10.6 Å². The molecule has 1 saturated carbocycles. The van der Waals surface area contributed by atoms with Crippen molar-refractivity contribution in [2.75, 3.05) is 18.4 Å². The van der Waals surface area contributed by atoms with Crippen molar-refractivity contribution < 1.29 is 14.4 Å². The number of rotatable bonds is 6. The molecule has 1 unspecified atom stereocenters. The molecule has 4 rings (SSSR count). The predicted molar refractivity (Wildman–Crippen MR) is 136 cm³/mol. The van der Waals surface area contributed by atoms with E-state index in [0.29, 0.717) is 25.2 Å². The Morgan fingerprint density at radius 1 is 0.943 bits per heavy atom. The lowest BCUT2D eigenvalue weighted by molar-refractivity contribution is -0.141. The first kappa shape index (κ1) is 24.7. The van der Waals surface area contributed by atoms with Crippen molar-refractivity contribution in [3.05, 3.63) is 65.7 Å². The Morgan fingerprint density at radius 3 is 2.37 bits per heavy atom. The summed E-state index contributed by atoms with van der Waals surface area (Å²) in [5, 5.41) is 5.98. The molecule has 186 valence electrons. The highest BCUT2D eigenvalue weighted by molar-refractivity contribution is 5.96. The molecular formula is C27H35N5O3. The molecule has 4 N–H and O–H groups in total. The molecule has 0 aromatic heterocycles. The molecule has 0 radical (unpaired) electrons. The van der Waals surface area contributed by atoms with E-state index in [1.165, 1.54) is 4.90 Å². The molecule has 8 heteroatoms. The molecule has 2 aliphatic rings. The first-order chi connectivity index (χ1) is 16.9. The minimum Gasteiger partial charge on any atom is -0.350 e. The predicted octanol–water partition coefficient (Wildman–Crippen LogP) is 3.02. The van der Waals surface area contributed by atoms with Crippen LogP contribution in [0.25, 0.3) is 0 Å². The van der Waals surface area contributed by atoms with Crippen molar-refractivity contribution in [2.24, 2.45) is 5.73 Å². The van der Waals surface area contributed by atoms with Crippen molar-refractivity contribution >= 4 is 23.5 Å². The number of carbonyl (C=O) groups excluding carboxylic acids is 3. The number of nitrogens with two attached hydrogens (primary N) is 1. The van der Waals surface area contributed by atoms with Gasteiger partial charge >= 0.3 is 6.03 Å². The molecule has 1 heterocycles. The second kappa shape index (κ2) is 11.4. The maximum atomic E-state index is 13.4. The summed E-state index contributed by atoms with van der Waals surface area (Å²) in [6.45, 7) is 2.57. The molecule has 2 fully saturated rings. The lowest BCUT2D eigenvalue weighted by Gasteiger charge is -2.32. The maximum Gasteiger partial charge on any atom is 0.323 e.